The third-order valence-electron chi connectivity index (χ3n) is 2.57. The second kappa shape index (κ2) is 4.82. The molecule has 0 spiro atoms. The van der Waals surface area contributed by atoms with Crippen molar-refractivity contribution in [1.29, 1.82) is 0 Å². The number of nitrogens with zero attached hydrogens (tertiary/aromatic N) is 3. The lowest BCUT2D eigenvalue weighted by Crippen LogP contribution is -2.08. The lowest BCUT2D eigenvalue weighted by Gasteiger charge is -2.13. The van der Waals surface area contributed by atoms with Crippen molar-refractivity contribution >= 4 is 11.4 Å². The summed E-state index contributed by atoms with van der Waals surface area (Å²) in [5, 5.41) is 3.10. The molecule has 2 heterocycles. The molecule has 0 amide bonds. The molecule has 0 aliphatic rings. The zero-order valence-electron chi connectivity index (χ0n) is 10.3. The first-order chi connectivity index (χ1) is 8.20. The average molecular weight is 228 g/mol. The van der Waals surface area contributed by atoms with E-state index in [0.717, 1.165) is 22.8 Å². The Morgan fingerprint density at radius 3 is 2.29 bits per heavy atom. The molecule has 88 valence electrons. The highest BCUT2D eigenvalue weighted by Crippen LogP contribution is 2.21. The summed E-state index contributed by atoms with van der Waals surface area (Å²) in [5.74, 6) is 0. The van der Waals surface area contributed by atoms with Crippen molar-refractivity contribution in [3.63, 3.8) is 0 Å². The van der Waals surface area contributed by atoms with Crippen molar-refractivity contribution in [1.82, 2.24) is 9.97 Å². The molecule has 0 unspecified atom stereocenters. The van der Waals surface area contributed by atoms with Crippen LogP contribution in [0.2, 0.25) is 0 Å². The van der Waals surface area contributed by atoms with E-state index in [0.29, 0.717) is 0 Å². The summed E-state index contributed by atoms with van der Waals surface area (Å²) in [5.41, 5.74) is 3.91. The number of aromatic nitrogens is 2. The van der Waals surface area contributed by atoms with Crippen molar-refractivity contribution in [2.75, 3.05) is 31.4 Å². The van der Waals surface area contributed by atoms with Gasteiger partial charge in [0.15, 0.2) is 0 Å². The van der Waals surface area contributed by atoms with Crippen LogP contribution in [0.4, 0.5) is 11.4 Å². The molecule has 1 N–H and O–H groups in total. The maximum atomic E-state index is 4.35. The lowest BCUT2D eigenvalue weighted by molar-refractivity contribution is 1.12. The fourth-order valence-electron chi connectivity index (χ4n) is 1.56. The molecule has 4 nitrogen and oxygen atoms in total. The summed E-state index contributed by atoms with van der Waals surface area (Å²) in [4.78, 5) is 10.7. The zero-order valence-corrected chi connectivity index (χ0v) is 10.3. The molecule has 2 rings (SSSR count). The maximum absolute atomic E-state index is 4.35. The first kappa shape index (κ1) is 11.4. The average Bonchev–Trinajstić information content (AvgIpc) is 2.39. The molecule has 0 atom stereocenters. The fourth-order valence-corrected chi connectivity index (χ4v) is 1.56. The summed E-state index contributed by atoms with van der Waals surface area (Å²) < 4.78 is 0. The minimum Gasteiger partial charge on any atom is -0.388 e. The van der Waals surface area contributed by atoms with E-state index in [1.54, 1.807) is 12.4 Å². The molecule has 0 bridgehead atoms. The number of nitrogens with one attached hydrogen (secondary N) is 1. The van der Waals surface area contributed by atoms with Crippen LogP contribution in [0.3, 0.4) is 0 Å². The molecule has 0 fully saturated rings. The molecule has 0 saturated carbocycles. The summed E-state index contributed by atoms with van der Waals surface area (Å²) in [6.07, 6.45) is 3.59. The largest absolute Gasteiger partial charge is 0.388 e. The molecule has 17 heavy (non-hydrogen) atoms. The van der Waals surface area contributed by atoms with E-state index in [2.05, 4.69) is 15.3 Å². The van der Waals surface area contributed by atoms with Gasteiger partial charge in [-0.25, -0.2) is 0 Å². The van der Waals surface area contributed by atoms with E-state index in [9.17, 15) is 0 Å². The Balaban J connectivity index is 2.41. The van der Waals surface area contributed by atoms with Gasteiger partial charge in [-0.2, -0.15) is 0 Å². The van der Waals surface area contributed by atoms with Gasteiger partial charge >= 0.3 is 0 Å². The van der Waals surface area contributed by atoms with Crippen molar-refractivity contribution in [3.8, 4) is 11.4 Å². The summed E-state index contributed by atoms with van der Waals surface area (Å²) in [6, 6.07) is 7.92. The van der Waals surface area contributed by atoms with Gasteiger partial charge in [0.25, 0.3) is 0 Å². The lowest BCUT2D eigenvalue weighted by atomic mass is 10.2. The van der Waals surface area contributed by atoms with Crippen LogP contribution >= 0.6 is 0 Å². The molecular weight excluding hydrogens is 212 g/mol. The van der Waals surface area contributed by atoms with Crippen molar-refractivity contribution in [2.24, 2.45) is 0 Å². The van der Waals surface area contributed by atoms with Crippen LogP contribution in [0.15, 0.2) is 36.7 Å². The normalized spacial score (nSPS) is 10.1. The van der Waals surface area contributed by atoms with E-state index < -0.39 is 0 Å². The highest BCUT2D eigenvalue weighted by molar-refractivity contribution is 5.64. The highest BCUT2D eigenvalue weighted by Gasteiger charge is 2.04. The minimum atomic E-state index is 0.876. The van der Waals surface area contributed by atoms with Gasteiger partial charge in [-0.05, 0) is 24.3 Å². The molecule has 0 aromatic carbocycles. The van der Waals surface area contributed by atoms with Gasteiger partial charge in [0.2, 0.25) is 0 Å². The van der Waals surface area contributed by atoms with Crippen molar-refractivity contribution in [3.05, 3.63) is 36.7 Å². The zero-order chi connectivity index (χ0) is 12.3. The van der Waals surface area contributed by atoms with E-state index in [4.69, 9.17) is 0 Å². The SMILES string of the molecule is CNc1ccnc(-c2cc(N(C)C)ccn2)c1. The molecule has 0 saturated heterocycles. The second-order valence-electron chi connectivity index (χ2n) is 3.97. The van der Waals surface area contributed by atoms with Crippen LogP contribution in [-0.4, -0.2) is 31.1 Å². The first-order valence-corrected chi connectivity index (χ1v) is 5.48. The van der Waals surface area contributed by atoms with Gasteiger partial charge in [-0.15, -0.1) is 0 Å². The third kappa shape index (κ3) is 2.53. The van der Waals surface area contributed by atoms with Gasteiger partial charge < -0.3 is 10.2 Å². The Bertz CT molecular complexity index is 508. The number of anilines is 2. The molecule has 2 aromatic rings. The van der Waals surface area contributed by atoms with Gasteiger partial charge in [0.05, 0.1) is 11.4 Å². The van der Waals surface area contributed by atoms with Gasteiger partial charge in [-0.3, -0.25) is 9.97 Å². The quantitative estimate of drug-likeness (QED) is 0.874. The van der Waals surface area contributed by atoms with Crippen LogP contribution in [0, 0.1) is 0 Å². The second-order valence-corrected chi connectivity index (χ2v) is 3.97. The topological polar surface area (TPSA) is 41.1 Å². The molecule has 2 aromatic heterocycles. The van der Waals surface area contributed by atoms with Crippen LogP contribution in [0.1, 0.15) is 0 Å². The van der Waals surface area contributed by atoms with Gasteiger partial charge in [0.1, 0.15) is 0 Å². The minimum absolute atomic E-state index is 0.876. The van der Waals surface area contributed by atoms with E-state index >= 15 is 0 Å². The smallest absolute Gasteiger partial charge is 0.0907 e. The maximum Gasteiger partial charge on any atom is 0.0907 e. The number of hydrogen-bond acceptors (Lipinski definition) is 4. The van der Waals surface area contributed by atoms with Crippen LogP contribution in [0.25, 0.3) is 11.4 Å². The Hall–Kier alpha value is -2.10. The molecule has 0 radical (unpaired) electrons. The van der Waals surface area contributed by atoms with E-state index in [1.807, 2.05) is 50.3 Å². The Morgan fingerprint density at radius 2 is 1.65 bits per heavy atom. The van der Waals surface area contributed by atoms with Gasteiger partial charge in [-0.1, -0.05) is 0 Å². The van der Waals surface area contributed by atoms with Gasteiger partial charge in [0, 0.05) is 44.9 Å². The van der Waals surface area contributed by atoms with Crippen LogP contribution < -0.4 is 10.2 Å². The number of pyridine rings is 2. The Morgan fingerprint density at radius 1 is 1.00 bits per heavy atom. The monoisotopic (exact) mass is 228 g/mol. The van der Waals surface area contributed by atoms with E-state index in [-0.39, 0.29) is 0 Å². The standard InChI is InChI=1S/C13H16N4/c1-14-10-4-6-15-12(8-10)13-9-11(17(2)3)5-7-16-13/h4-9H,1-3H3,(H,14,15). The summed E-state index contributed by atoms with van der Waals surface area (Å²) in [6.45, 7) is 0. The molecule has 0 aliphatic carbocycles. The summed E-state index contributed by atoms with van der Waals surface area (Å²) >= 11 is 0. The molecule has 4 heteroatoms. The third-order valence-corrected chi connectivity index (χ3v) is 2.57. The number of rotatable bonds is 3. The fraction of sp³-hybridized carbons (Fsp3) is 0.231. The molecular formula is C13H16N4. The van der Waals surface area contributed by atoms with Crippen LogP contribution in [-0.2, 0) is 0 Å². The first-order valence-electron chi connectivity index (χ1n) is 5.48. The predicted octanol–water partition coefficient (Wildman–Crippen LogP) is 2.25. The molecule has 0 aliphatic heterocycles. The highest BCUT2D eigenvalue weighted by atomic mass is 15.1. The predicted molar refractivity (Wildman–Crippen MR) is 71.3 cm³/mol. The number of hydrogen-bond donors (Lipinski definition) is 1. The summed E-state index contributed by atoms with van der Waals surface area (Å²) in [7, 11) is 5.91. The van der Waals surface area contributed by atoms with E-state index in [1.165, 1.54) is 0 Å². The van der Waals surface area contributed by atoms with Crippen LogP contribution in [0.5, 0.6) is 0 Å². The Labute approximate surface area is 101 Å². The van der Waals surface area contributed by atoms with Crippen molar-refractivity contribution in [2.45, 2.75) is 0 Å². The Kier molecular flexibility index (Phi) is 3.23. The van der Waals surface area contributed by atoms with Crippen molar-refractivity contribution < 1.29 is 0 Å².